The second-order valence-corrected chi connectivity index (χ2v) is 13.2. The number of carboxylic acids is 12. The third-order valence-electron chi connectivity index (χ3n) is 7.55. The predicted molar refractivity (Wildman–Crippen MR) is 173 cm³/mol. The van der Waals surface area contributed by atoms with Gasteiger partial charge in [-0.25, -0.2) is 0 Å². The first-order valence-corrected chi connectivity index (χ1v) is 17.6. The van der Waals surface area contributed by atoms with Crippen molar-refractivity contribution in [1.82, 2.24) is 29.4 Å². The van der Waals surface area contributed by atoms with Crippen molar-refractivity contribution in [2.45, 2.75) is 38.9 Å². The quantitative estimate of drug-likeness (QED) is 0.0551. The fourth-order valence-electron chi connectivity index (χ4n) is 5.22. The zero-order valence-corrected chi connectivity index (χ0v) is 39.7. The molecule has 0 saturated heterocycles. The van der Waals surface area contributed by atoms with Gasteiger partial charge in [0.2, 0.25) is 0 Å². The molecule has 0 aromatic carbocycles. The summed E-state index contributed by atoms with van der Waals surface area (Å²) in [7, 11) is 0. The summed E-state index contributed by atoms with van der Waals surface area (Å²) in [6.07, 6.45) is 0. The Morgan fingerprint density at radius 1 is 0.254 bits per heavy atom. The molecular weight excluding hydrogens is 1090 g/mol. The molecule has 0 aliphatic carbocycles. The van der Waals surface area contributed by atoms with Crippen LogP contribution in [0.25, 0.3) is 0 Å². The van der Waals surface area contributed by atoms with Gasteiger partial charge < -0.3 is 119 Å². The van der Waals surface area contributed by atoms with E-state index >= 15 is 0 Å². The molecule has 0 saturated carbocycles. The molecule has 0 spiro atoms. The van der Waals surface area contributed by atoms with E-state index in [9.17, 15) is 119 Å². The topological polar surface area (TPSA) is 501 Å². The predicted octanol–water partition coefficient (Wildman–Crippen LogP) is -21.1. The average molecular weight is 1130 g/mol. The van der Waals surface area contributed by atoms with Crippen molar-refractivity contribution < 1.29 is 187 Å². The molecular formula is C33H42Fe4N6O24. The van der Waals surface area contributed by atoms with Crippen LogP contribution in [0.5, 0.6) is 0 Å². The summed E-state index contributed by atoms with van der Waals surface area (Å²) in [6, 6.07) is -2.33. The van der Waals surface area contributed by atoms with Gasteiger partial charge in [-0.1, -0.05) is 0 Å². The average Bonchev–Trinajstić information content (AvgIpc) is 3.04. The second kappa shape index (κ2) is 41.6. The van der Waals surface area contributed by atoms with Crippen LogP contribution in [0, 0.1) is 0 Å². The summed E-state index contributed by atoms with van der Waals surface area (Å²) in [5.41, 5.74) is 0. The normalized spacial score (nSPS) is 11.6. The maximum absolute atomic E-state index is 10.5. The molecule has 0 aliphatic heterocycles. The van der Waals surface area contributed by atoms with E-state index in [-0.39, 0.29) is 87.9 Å². The smallest absolute Gasteiger partial charge is 0.549 e. The molecule has 0 N–H and O–H groups in total. The maximum atomic E-state index is 10.5. The Morgan fingerprint density at radius 2 is 0.358 bits per heavy atom. The van der Waals surface area contributed by atoms with Crippen molar-refractivity contribution in [3.8, 4) is 0 Å². The first kappa shape index (κ1) is 76.7. The molecule has 0 aliphatic rings. The van der Waals surface area contributed by atoms with Crippen molar-refractivity contribution >= 4 is 71.6 Å². The Bertz CT molecular complexity index is 1340. The number of nitrogens with zero attached hydrogens (tertiary/aromatic N) is 6. The van der Waals surface area contributed by atoms with Gasteiger partial charge in [-0.2, -0.15) is 0 Å². The van der Waals surface area contributed by atoms with Gasteiger partial charge in [0.15, 0.2) is 0 Å². The Balaban J connectivity index is -0.000000157. The zero-order chi connectivity index (χ0) is 49.7. The van der Waals surface area contributed by atoms with Gasteiger partial charge in [0.1, 0.15) is 0 Å². The third kappa shape index (κ3) is 47.8. The molecule has 0 aromatic heterocycles. The van der Waals surface area contributed by atoms with Gasteiger partial charge in [-0.3, -0.25) is 29.4 Å². The van der Waals surface area contributed by atoms with Gasteiger partial charge in [-0.15, -0.1) is 0 Å². The van der Waals surface area contributed by atoms with Crippen LogP contribution in [-0.4, -0.2) is 217 Å². The molecule has 67 heavy (non-hydrogen) atoms. The van der Waals surface area contributed by atoms with E-state index in [1.54, 1.807) is 0 Å². The molecule has 380 valence electrons. The summed E-state index contributed by atoms with van der Waals surface area (Å²) in [5, 5.41) is 126. The van der Waals surface area contributed by atoms with Crippen LogP contribution >= 0.6 is 0 Å². The monoisotopic (exact) mass is 1130 g/mol. The zero-order valence-electron chi connectivity index (χ0n) is 35.2. The van der Waals surface area contributed by atoms with Crippen molar-refractivity contribution in [2.75, 3.05) is 98.2 Å². The number of hydrogen-bond acceptors (Lipinski definition) is 30. The third-order valence-corrected chi connectivity index (χ3v) is 7.55. The Morgan fingerprint density at radius 3 is 0.448 bits per heavy atom. The van der Waals surface area contributed by atoms with E-state index < -0.39 is 168 Å². The number of carbonyl (C=O) groups is 12. The molecule has 34 heteroatoms. The van der Waals surface area contributed by atoms with E-state index in [4.69, 9.17) is 0 Å². The van der Waals surface area contributed by atoms with Crippen LogP contribution in [0.4, 0.5) is 0 Å². The van der Waals surface area contributed by atoms with E-state index in [1.807, 2.05) is 0 Å². The van der Waals surface area contributed by atoms with Crippen LogP contribution in [0.15, 0.2) is 0 Å². The molecule has 4 radical (unpaired) electrons. The number of carboxylic acid groups (broad SMARTS) is 12. The second-order valence-electron chi connectivity index (χ2n) is 13.2. The molecule has 3 atom stereocenters. The molecule has 0 rings (SSSR count). The molecule has 0 amide bonds. The minimum Gasteiger partial charge on any atom is -0.549 e. The Hall–Kier alpha value is -4.52. The number of hydrogen-bond donors (Lipinski definition) is 0. The van der Waals surface area contributed by atoms with Gasteiger partial charge in [-0.05, 0) is 20.8 Å². The summed E-state index contributed by atoms with van der Waals surface area (Å²) >= 11 is 0. The van der Waals surface area contributed by atoms with Gasteiger partial charge >= 0.3 is 68.3 Å². The molecule has 3 unspecified atom stereocenters. The molecule has 30 nitrogen and oxygen atoms in total. The fraction of sp³-hybridized carbons (Fsp3) is 0.636. The fourth-order valence-corrected chi connectivity index (χ4v) is 5.22. The first-order chi connectivity index (χ1) is 28.8. The van der Waals surface area contributed by atoms with Crippen molar-refractivity contribution in [3.63, 3.8) is 0 Å². The van der Waals surface area contributed by atoms with Crippen LogP contribution in [0.1, 0.15) is 20.8 Å². The van der Waals surface area contributed by atoms with Crippen LogP contribution in [0.2, 0.25) is 0 Å². The SMILES string of the molecule is CC(CN(CC(=O)[O-])CC(=O)[O-])N(CC(=O)[O-])CC(=O)[O-].CC(CN(CC(=O)[O-])CC(=O)[O-])N(CC(=O)[O-])CC(=O)[O-].CC(CN(CC(=O)[O-])CC(=O)[O-])N(CC(=O)[O-])CC(=O)[O-].[Fe+3].[Fe+3].[Fe+3].[Fe+3]. The van der Waals surface area contributed by atoms with Crippen molar-refractivity contribution in [3.05, 3.63) is 0 Å². The molecule has 0 fully saturated rings. The standard InChI is InChI=1S/3C11H18N2O8.4Fe/c3*1-7(13(5-10(18)19)6-11(20)21)2-12(3-8(14)15)4-9(16)17;;;;/h3*7H,2-6H2,1H3,(H,14,15)(H,16,17)(H,18,19)(H,20,21);;;;/q;;;4*+3/p-12. The largest absolute Gasteiger partial charge is 3.00 e. The number of carbonyl (C=O) groups excluding carboxylic acids is 12. The van der Waals surface area contributed by atoms with Crippen LogP contribution in [0.3, 0.4) is 0 Å². The van der Waals surface area contributed by atoms with Gasteiger partial charge in [0.25, 0.3) is 0 Å². The Kier molecular flexibility index (Phi) is 47.7. The number of aliphatic carboxylic acids is 12. The molecule has 0 aromatic rings. The van der Waals surface area contributed by atoms with Crippen molar-refractivity contribution in [1.29, 1.82) is 0 Å². The summed E-state index contributed by atoms with van der Waals surface area (Å²) in [5.74, 6) is -18.4. The molecule has 0 bridgehead atoms. The van der Waals surface area contributed by atoms with Gasteiger partial charge in [0.05, 0.1) is 71.6 Å². The van der Waals surface area contributed by atoms with Gasteiger partial charge in [0, 0.05) is 116 Å². The summed E-state index contributed by atoms with van der Waals surface area (Å²) < 4.78 is 0. The summed E-state index contributed by atoms with van der Waals surface area (Å²) in [6.45, 7) is -5.09. The van der Waals surface area contributed by atoms with Crippen LogP contribution < -0.4 is 61.3 Å². The van der Waals surface area contributed by atoms with E-state index in [2.05, 4.69) is 0 Å². The minimum absolute atomic E-state index is 0. The van der Waals surface area contributed by atoms with Crippen LogP contribution in [-0.2, 0) is 126 Å². The number of rotatable bonds is 33. The molecule has 0 heterocycles. The summed E-state index contributed by atoms with van der Waals surface area (Å²) in [4.78, 5) is 132. The Labute approximate surface area is 423 Å². The first-order valence-electron chi connectivity index (χ1n) is 17.6. The maximum Gasteiger partial charge on any atom is 3.00 e. The van der Waals surface area contributed by atoms with E-state index in [0.717, 1.165) is 29.4 Å². The minimum atomic E-state index is -1.53. The van der Waals surface area contributed by atoms with E-state index in [0.29, 0.717) is 0 Å². The van der Waals surface area contributed by atoms with Crippen molar-refractivity contribution in [2.24, 2.45) is 0 Å². The van der Waals surface area contributed by atoms with E-state index in [1.165, 1.54) is 20.8 Å².